The van der Waals surface area contributed by atoms with Crippen molar-refractivity contribution in [3.8, 4) is 0 Å². The minimum Gasteiger partial charge on any atom is -0.368 e. The molecule has 2 aliphatic rings. The van der Waals surface area contributed by atoms with Gasteiger partial charge in [-0.1, -0.05) is 24.3 Å². The van der Waals surface area contributed by atoms with E-state index in [2.05, 4.69) is 70.7 Å². The zero-order chi connectivity index (χ0) is 20.4. The van der Waals surface area contributed by atoms with Crippen LogP contribution < -0.4 is 11.1 Å². The van der Waals surface area contributed by atoms with Crippen molar-refractivity contribution >= 4 is 18.0 Å². The standard InChI is InChI=1S/C12H16N2.C10H14N4/c1-4-13-8-7-12(3)14-9-5-6-11(2)10-14;1-2-6-12-9-7-4-3-5-8(7)13-10(11)14-9/h4-5,7-10H,1,6H2,2-3H3;2H,1,3-6H2,(H3,11,12,13,14)/b12-7+,13-8?;. The lowest BCUT2D eigenvalue weighted by atomic mass is 10.2. The van der Waals surface area contributed by atoms with Crippen molar-refractivity contribution in [3.05, 3.63) is 72.5 Å². The summed E-state index contributed by atoms with van der Waals surface area (Å²) in [5, 5.41) is 3.19. The molecule has 0 saturated carbocycles. The minimum atomic E-state index is 0.359. The molecule has 148 valence electrons. The molecule has 1 aliphatic heterocycles. The van der Waals surface area contributed by atoms with Crippen LogP contribution in [0.15, 0.2) is 66.2 Å². The molecule has 6 nitrogen and oxygen atoms in total. The maximum absolute atomic E-state index is 5.62. The second-order valence-corrected chi connectivity index (χ2v) is 6.64. The molecule has 3 rings (SSSR count). The second kappa shape index (κ2) is 10.9. The summed E-state index contributed by atoms with van der Waals surface area (Å²) >= 11 is 0. The van der Waals surface area contributed by atoms with Crippen LogP contribution in [0, 0.1) is 0 Å². The van der Waals surface area contributed by atoms with E-state index in [4.69, 9.17) is 5.73 Å². The molecular formula is C22H30N6. The molecule has 0 radical (unpaired) electrons. The summed E-state index contributed by atoms with van der Waals surface area (Å²) in [4.78, 5) is 14.4. The van der Waals surface area contributed by atoms with Gasteiger partial charge in [0.2, 0.25) is 5.95 Å². The molecule has 1 aromatic rings. The number of hydrogen-bond donors (Lipinski definition) is 2. The molecule has 1 aliphatic carbocycles. The fourth-order valence-corrected chi connectivity index (χ4v) is 2.97. The summed E-state index contributed by atoms with van der Waals surface area (Å²) in [6.07, 6.45) is 17.7. The lowest BCUT2D eigenvalue weighted by Gasteiger charge is -2.20. The van der Waals surface area contributed by atoms with Crippen molar-refractivity contribution in [3.63, 3.8) is 0 Å². The van der Waals surface area contributed by atoms with Gasteiger partial charge in [-0.25, -0.2) is 4.98 Å². The normalized spacial score (nSPS) is 15.6. The van der Waals surface area contributed by atoms with Crippen LogP contribution in [0.4, 0.5) is 11.8 Å². The molecule has 0 saturated heterocycles. The van der Waals surface area contributed by atoms with E-state index in [1.165, 1.54) is 17.3 Å². The Morgan fingerprint density at radius 2 is 2.18 bits per heavy atom. The topological polar surface area (TPSA) is 79.4 Å². The Hall–Kier alpha value is -3.15. The van der Waals surface area contributed by atoms with Crippen LogP contribution in [0.5, 0.6) is 0 Å². The first kappa shape index (κ1) is 21.2. The maximum Gasteiger partial charge on any atom is 0.222 e. The summed E-state index contributed by atoms with van der Waals surface area (Å²) in [7, 11) is 0. The zero-order valence-corrected chi connectivity index (χ0v) is 16.9. The Morgan fingerprint density at radius 3 is 2.89 bits per heavy atom. The highest BCUT2D eigenvalue weighted by molar-refractivity contribution is 5.72. The highest BCUT2D eigenvalue weighted by Gasteiger charge is 2.17. The van der Waals surface area contributed by atoms with Crippen LogP contribution in [0.3, 0.4) is 0 Å². The van der Waals surface area contributed by atoms with Crippen LogP contribution in [0.1, 0.15) is 37.9 Å². The number of nitrogens with two attached hydrogens (primary N) is 1. The molecule has 1 aromatic heterocycles. The molecule has 0 amide bonds. The predicted octanol–water partition coefficient (Wildman–Crippen LogP) is 4.37. The fraction of sp³-hybridized carbons (Fsp3) is 0.318. The van der Waals surface area contributed by atoms with E-state index in [0.717, 1.165) is 42.9 Å². The van der Waals surface area contributed by atoms with Crippen molar-refractivity contribution < 1.29 is 0 Å². The van der Waals surface area contributed by atoms with E-state index >= 15 is 0 Å². The van der Waals surface area contributed by atoms with Crippen LogP contribution in [0.25, 0.3) is 0 Å². The summed E-state index contributed by atoms with van der Waals surface area (Å²) in [5.74, 6) is 1.24. The maximum atomic E-state index is 5.62. The lowest BCUT2D eigenvalue weighted by molar-refractivity contribution is 0.609. The van der Waals surface area contributed by atoms with Crippen molar-refractivity contribution in [1.82, 2.24) is 14.9 Å². The van der Waals surface area contributed by atoms with Gasteiger partial charge in [-0.15, -0.1) is 6.58 Å². The SMILES string of the molecule is C=CCNc1nc(N)nc2c1CCC2.C=CN=C/C=C(\C)N1C=CCC(C)=C1. The number of aryl methyl sites for hydroxylation is 1. The van der Waals surface area contributed by atoms with Crippen LogP contribution in [0.2, 0.25) is 0 Å². The van der Waals surface area contributed by atoms with E-state index < -0.39 is 0 Å². The third-order valence-corrected chi connectivity index (χ3v) is 4.34. The number of rotatable bonds is 6. The third kappa shape index (κ3) is 6.23. The molecule has 2 heterocycles. The van der Waals surface area contributed by atoms with E-state index in [9.17, 15) is 0 Å². The first-order chi connectivity index (χ1) is 13.5. The molecule has 0 bridgehead atoms. The average Bonchev–Trinajstić information content (AvgIpc) is 3.15. The summed E-state index contributed by atoms with van der Waals surface area (Å²) in [6, 6.07) is 0. The largest absolute Gasteiger partial charge is 0.368 e. The lowest BCUT2D eigenvalue weighted by Crippen LogP contribution is -2.10. The average molecular weight is 379 g/mol. The van der Waals surface area contributed by atoms with E-state index in [1.807, 2.05) is 6.08 Å². The number of hydrogen-bond acceptors (Lipinski definition) is 6. The fourth-order valence-electron chi connectivity index (χ4n) is 2.97. The number of anilines is 2. The van der Waals surface area contributed by atoms with Crippen molar-refractivity contribution in [1.29, 1.82) is 0 Å². The highest BCUT2D eigenvalue weighted by atomic mass is 15.1. The quantitative estimate of drug-likeness (QED) is 0.567. The van der Waals surface area contributed by atoms with Crippen molar-refractivity contribution in [2.24, 2.45) is 4.99 Å². The summed E-state index contributed by atoms with van der Waals surface area (Å²) in [5.41, 5.74) is 10.4. The molecule has 6 heteroatoms. The van der Waals surface area contributed by atoms with Gasteiger partial charge in [0.05, 0.1) is 5.69 Å². The van der Waals surface area contributed by atoms with Gasteiger partial charge in [-0.2, -0.15) is 4.98 Å². The second-order valence-electron chi connectivity index (χ2n) is 6.64. The van der Waals surface area contributed by atoms with Crippen LogP contribution >= 0.6 is 0 Å². The van der Waals surface area contributed by atoms with Gasteiger partial charge < -0.3 is 16.0 Å². The number of aromatic nitrogens is 2. The highest BCUT2D eigenvalue weighted by Crippen LogP contribution is 2.26. The van der Waals surface area contributed by atoms with Crippen LogP contribution in [-0.4, -0.2) is 27.6 Å². The van der Waals surface area contributed by atoms with E-state index in [-0.39, 0.29) is 0 Å². The summed E-state index contributed by atoms with van der Waals surface area (Å²) < 4.78 is 0. The molecular weight excluding hydrogens is 348 g/mol. The van der Waals surface area contributed by atoms with Gasteiger partial charge in [0, 0.05) is 42.6 Å². The number of fused-ring (bicyclic) bond motifs is 1. The van der Waals surface area contributed by atoms with Gasteiger partial charge >= 0.3 is 0 Å². The van der Waals surface area contributed by atoms with E-state index in [1.54, 1.807) is 12.3 Å². The number of nitrogen functional groups attached to an aromatic ring is 1. The molecule has 0 fully saturated rings. The van der Waals surface area contributed by atoms with Crippen molar-refractivity contribution in [2.75, 3.05) is 17.6 Å². The Labute approximate surface area is 168 Å². The van der Waals surface area contributed by atoms with Crippen LogP contribution in [-0.2, 0) is 12.8 Å². The van der Waals surface area contributed by atoms with Gasteiger partial charge in [0.15, 0.2) is 0 Å². The number of aliphatic imine (C=N–C) groups is 1. The van der Waals surface area contributed by atoms with Gasteiger partial charge in [0.1, 0.15) is 5.82 Å². The monoisotopic (exact) mass is 378 g/mol. The smallest absolute Gasteiger partial charge is 0.222 e. The molecule has 3 N–H and O–H groups in total. The molecule has 0 unspecified atom stereocenters. The number of allylic oxidation sites excluding steroid dienone is 4. The van der Waals surface area contributed by atoms with E-state index in [0.29, 0.717) is 12.5 Å². The Balaban J connectivity index is 0.000000200. The Morgan fingerprint density at radius 1 is 1.36 bits per heavy atom. The molecule has 0 spiro atoms. The minimum absolute atomic E-state index is 0.359. The van der Waals surface area contributed by atoms with Gasteiger partial charge in [0.25, 0.3) is 0 Å². The Bertz CT molecular complexity index is 817. The number of nitrogens with zero attached hydrogens (tertiary/aromatic N) is 4. The zero-order valence-electron chi connectivity index (χ0n) is 16.9. The van der Waals surface area contributed by atoms with Gasteiger partial charge in [-0.3, -0.25) is 4.99 Å². The van der Waals surface area contributed by atoms with Crippen molar-refractivity contribution in [2.45, 2.75) is 39.5 Å². The number of nitrogens with one attached hydrogen (secondary N) is 1. The molecule has 28 heavy (non-hydrogen) atoms. The summed E-state index contributed by atoms with van der Waals surface area (Å²) in [6.45, 7) is 12.1. The predicted molar refractivity (Wildman–Crippen MR) is 119 cm³/mol. The Kier molecular flexibility index (Phi) is 8.21. The third-order valence-electron chi connectivity index (χ3n) is 4.34. The molecule has 0 atom stereocenters. The first-order valence-corrected chi connectivity index (χ1v) is 9.48. The molecule has 0 aromatic carbocycles. The van der Waals surface area contributed by atoms with Gasteiger partial charge in [-0.05, 0) is 45.6 Å². The first-order valence-electron chi connectivity index (χ1n) is 9.48.